The van der Waals surface area contributed by atoms with Gasteiger partial charge in [0.25, 0.3) is 0 Å². The van der Waals surface area contributed by atoms with Crippen LogP contribution in [-0.4, -0.2) is 27.7 Å². The van der Waals surface area contributed by atoms with Crippen LogP contribution >= 0.6 is 12.2 Å². The summed E-state index contributed by atoms with van der Waals surface area (Å²) in [4.78, 5) is 0. The average molecular weight is 399 g/mol. The minimum absolute atomic E-state index is 0.266. The summed E-state index contributed by atoms with van der Waals surface area (Å²) in [6.45, 7) is 5.06. The molecule has 0 aliphatic carbocycles. The Morgan fingerprint density at radius 2 is 1.89 bits per heavy atom. The van der Waals surface area contributed by atoms with Gasteiger partial charge in [0.05, 0.1) is 12.8 Å². The van der Waals surface area contributed by atoms with Crippen LogP contribution in [0.1, 0.15) is 37.2 Å². The lowest BCUT2D eigenvalue weighted by molar-refractivity contribution is 0.289. The number of nitrogens with one attached hydrogen (secondary N) is 1. The van der Waals surface area contributed by atoms with Crippen molar-refractivity contribution in [2.45, 2.75) is 26.7 Å². The van der Waals surface area contributed by atoms with E-state index in [0.29, 0.717) is 29.5 Å². The Balaban J connectivity index is 1.68. The van der Waals surface area contributed by atoms with Crippen molar-refractivity contribution in [3.05, 3.63) is 76.1 Å². The number of benzene rings is 2. The van der Waals surface area contributed by atoms with Crippen LogP contribution in [0, 0.1) is 16.5 Å². The molecule has 146 valence electrons. The highest BCUT2D eigenvalue weighted by molar-refractivity contribution is 7.71. The molecule has 0 fully saturated rings. The molecule has 5 nitrogen and oxygen atoms in total. The molecule has 3 aromatic rings. The molecule has 0 saturated heterocycles. The van der Waals surface area contributed by atoms with E-state index in [9.17, 15) is 4.39 Å². The summed E-state index contributed by atoms with van der Waals surface area (Å²) in [6.07, 6.45) is 3.24. The highest BCUT2D eigenvalue weighted by Gasteiger charge is 2.06. The lowest BCUT2D eigenvalue weighted by Gasteiger charge is -2.08. The zero-order valence-electron chi connectivity index (χ0n) is 15.9. The number of rotatable bonds is 8. The number of ether oxygens (including phenoxy) is 1. The lowest BCUT2D eigenvalue weighted by atomic mass is 10.1. The van der Waals surface area contributed by atoms with Crippen molar-refractivity contribution >= 4 is 18.4 Å². The summed E-state index contributed by atoms with van der Waals surface area (Å²) in [5, 5.41) is 11.4. The fraction of sp³-hybridized carbons (Fsp3) is 0.286. The maximum Gasteiger partial charge on any atom is 0.216 e. The van der Waals surface area contributed by atoms with Crippen molar-refractivity contribution in [2.24, 2.45) is 11.0 Å². The molecule has 2 aromatic carbocycles. The summed E-state index contributed by atoms with van der Waals surface area (Å²) in [5.74, 6) is 1.85. The molecule has 0 aliphatic heterocycles. The number of H-pyrrole nitrogens is 1. The first-order valence-corrected chi connectivity index (χ1v) is 9.60. The van der Waals surface area contributed by atoms with Crippen LogP contribution in [0.4, 0.5) is 4.39 Å². The van der Waals surface area contributed by atoms with Crippen molar-refractivity contribution in [2.75, 3.05) is 6.61 Å². The third-order valence-electron chi connectivity index (χ3n) is 4.16. The van der Waals surface area contributed by atoms with Gasteiger partial charge in [0.2, 0.25) is 4.77 Å². The third-order valence-corrected chi connectivity index (χ3v) is 4.42. The maximum atomic E-state index is 13.1. The van der Waals surface area contributed by atoms with E-state index in [-0.39, 0.29) is 5.82 Å². The van der Waals surface area contributed by atoms with Gasteiger partial charge in [0, 0.05) is 6.42 Å². The number of nitrogens with zero attached hydrogens (tertiary/aromatic N) is 3. The second-order valence-corrected chi connectivity index (χ2v) is 7.29. The van der Waals surface area contributed by atoms with Crippen molar-refractivity contribution in [3.63, 3.8) is 0 Å². The standard InChI is InChI=1S/C21H23FN4OS/c1-15(2)11-12-27-19-9-5-17(6-10-19)14-23-26-20(24-25-21(26)28)13-16-3-7-18(22)8-4-16/h3-10,14-15H,11-13H2,1-2H3,(H,25,28)/b23-14-. The SMILES string of the molecule is CC(C)CCOc1ccc(/C=N\n2c(Cc3ccc(F)cc3)n[nH]c2=S)cc1. The zero-order chi connectivity index (χ0) is 19.9. The van der Waals surface area contributed by atoms with Gasteiger partial charge in [-0.05, 0) is 72.1 Å². The number of aromatic nitrogens is 3. The topological polar surface area (TPSA) is 55.2 Å². The molecule has 0 spiro atoms. The smallest absolute Gasteiger partial charge is 0.216 e. The van der Waals surface area contributed by atoms with Gasteiger partial charge < -0.3 is 4.74 Å². The molecule has 0 saturated carbocycles. The molecule has 1 aromatic heterocycles. The highest BCUT2D eigenvalue weighted by atomic mass is 32.1. The molecular weight excluding hydrogens is 375 g/mol. The fourth-order valence-electron chi connectivity index (χ4n) is 2.53. The normalized spacial score (nSPS) is 11.4. The Morgan fingerprint density at radius 1 is 1.18 bits per heavy atom. The molecule has 0 unspecified atom stereocenters. The summed E-state index contributed by atoms with van der Waals surface area (Å²) < 4.78 is 20.8. The van der Waals surface area contributed by atoms with Crippen LogP contribution in [0.15, 0.2) is 53.6 Å². The van der Waals surface area contributed by atoms with Gasteiger partial charge in [0.15, 0.2) is 5.82 Å². The quantitative estimate of drug-likeness (QED) is 0.430. The zero-order valence-corrected chi connectivity index (χ0v) is 16.7. The van der Waals surface area contributed by atoms with E-state index in [0.717, 1.165) is 23.3 Å². The lowest BCUT2D eigenvalue weighted by Crippen LogP contribution is -2.01. The monoisotopic (exact) mass is 398 g/mol. The molecule has 3 rings (SSSR count). The van der Waals surface area contributed by atoms with Gasteiger partial charge in [-0.25, -0.2) is 4.39 Å². The van der Waals surface area contributed by atoms with Gasteiger partial charge in [0.1, 0.15) is 11.6 Å². The molecule has 0 amide bonds. The Hall–Kier alpha value is -2.80. The van der Waals surface area contributed by atoms with Crippen LogP contribution in [0.25, 0.3) is 0 Å². The van der Waals surface area contributed by atoms with E-state index >= 15 is 0 Å². The molecule has 1 N–H and O–H groups in total. The third kappa shape index (κ3) is 5.60. The summed E-state index contributed by atoms with van der Waals surface area (Å²) in [5.41, 5.74) is 1.85. The second-order valence-electron chi connectivity index (χ2n) is 6.90. The van der Waals surface area contributed by atoms with Gasteiger partial charge in [-0.1, -0.05) is 26.0 Å². The van der Waals surface area contributed by atoms with Crippen LogP contribution in [0.3, 0.4) is 0 Å². The Morgan fingerprint density at radius 3 is 2.57 bits per heavy atom. The largest absolute Gasteiger partial charge is 0.494 e. The van der Waals surface area contributed by atoms with Gasteiger partial charge >= 0.3 is 0 Å². The first kappa shape index (κ1) is 19.9. The summed E-state index contributed by atoms with van der Waals surface area (Å²) in [6, 6.07) is 14.0. The Kier molecular flexibility index (Phi) is 6.71. The average Bonchev–Trinajstić information content (AvgIpc) is 3.02. The molecule has 0 atom stereocenters. The molecule has 28 heavy (non-hydrogen) atoms. The molecule has 7 heteroatoms. The van der Waals surface area contributed by atoms with Crippen molar-refractivity contribution in [3.8, 4) is 5.75 Å². The van der Waals surface area contributed by atoms with Gasteiger partial charge in [-0.2, -0.15) is 14.9 Å². The van der Waals surface area contributed by atoms with Crippen molar-refractivity contribution < 1.29 is 9.13 Å². The number of halogens is 1. The highest BCUT2D eigenvalue weighted by Crippen LogP contribution is 2.13. The van der Waals surface area contributed by atoms with Crippen LogP contribution in [0.2, 0.25) is 0 Å². The summed E-state index contributed by atoms with van der Waals surface area (Å²) >= 11 is 5.27. The molecule has 0 radical (unpaired) electrons. The maximum absolute atomic E-state index is 13.1. The molecule has 1 heterocycles. The first-order valence-electron chi connectivity index (χ1n) is 9.19. The van der Waals surface area contributed by atoms with E-state index < -0.39 is 0 Å². The Labute approximate surface area is 168 Å². The molecule has 0 bridgehead atoms. The van der Waals surface area contributed by atoms with Crippen molar-refractivity contribution in [1.29, 1.82) is 0 Å². The Bertz CT molecular complexity index is 975. The van der Waals surface area contributed by atoms with E-state index in [1.165, 1.54) is 12.1 Å². The predicted molar refractivity (Wildman–Crippen MR) is 111 cm³/mol. The van der Waals surface area contributed by atoms with E-state index in [1.807, 2.05) is 24.3 Å². The summed E-state index contributed by atoms with van der Waals surface area (Å²) in [7, 11) is 0. The molecule has 0 aliphatic rings. The second kappa shape index (κ2) is 9.41. The number of aromatic amines is 1. The van der Waals surface area contributed by atoms with Crippen molar-refractivity contribution in [1.82, 2.24) is 14.9 Å². The minimum atomic E-state index is -0.266. The fourth-order valence-corrected chi connectivity index (χ4v) is 2.73. The molecular formula is C21H23FN4OS. The van der Waals surface area contributed by atoms with E-state index in [2.05, 4.69) is 29.1 Å². The van der Waals surface area contributed by atoms with E-state index in [1.54, 1.807) is 23.0 Å². The van der Waals surface area contributed by atoms with Gasteiger partial charge in [-0.3, -0.25) is 5.10 Å². The number of hydrogen-bond donors (Lipinski definition) is 1. The van der Waals surface area contributed by atoms with Crippen LogP contribution in [0.5, 0.6) is 5.75 Å². The predicted octanol–water partition coefficient (Wildman–Crippen LogP) is 4.98. The first-order chi connectivity index (χ1) is 13.5. The van der Waals surface area contributed by atoms with Crippen LogP contribution < -0.4 is 4.74 Å². The minimum Gasteiger partial charge on any atom is -0.494 e. The van der Waals surface area contributed by atoms with E-state index in [4.69, 9.17) is 17.0 Å². The van der Waals surface area contributed by atoms with Gasteiger partial charge in [-0.15, -0.1) is 0 Å². The van der Waals surface area contributed by atoms with Crippen LogP contribution in [-0.2, 0) is 6.42 Å². The number of hydrogen-bond acceptors (Lipinski definition) is 4.